The molecule has 0 atom stereocenters. The summed E-state index contributed by atoms with van der Waals surface area (Å²) in [4.78, 5) is 26.2. The maximum absolute atomic E-state index is 12.9. The molecule has 1 aromatic heterocycles. The van der Waals surface area contributed by atoms with E-state index in [1.54, 1.807) is 32.0 Å². The molecule has 1 amide bonds. The van der Waals surface area contributed by atoms with Crippen molar-refractivity contribution in [2.45, 2.75) is 27.4 Å². The topological polar surface area (TPSA) is 88.4 Å². The number of ether oxygens (including phenoxy) is 2. The molecule has 6 nitrogen and oxygen atoms in total. The second kappa shape index (κ2) is 11.1. The van der Waals surface area contributed by atoms with Crippen molar-refractivity contribution in [1.29, 1.82) is 5.26 Å². The van der Waals surface area contributed by atoms with Gasteiger partial charge in [-0.15, -0.1) is 11.3 Å². The number of nitrogens with one attached hydrogen (secondary N) is 1. The van der Waals surface area contributed by atoms with Crippen LogP contribution < -0.4 is 10.1 Å². The summed E-state index contributed by atoms with van der Waals surface area (Å²) in [7, 11) is 0. The molecule has 0 spiro atoms. The number of para-hydroxylation sites is 1. The highest BCUT2D eigenvalue weighted by Crippen LogP contribution is 2.33. The summed E-state index contributed by atoms with van der Waals surface area (Å²) in [6.45, 7) is 5.97. The Kier molecular flexibility index (Phi) is 8.01. The van der Waals surface area contributed by atoms with E-state index in [9.17, 15) is 14.9 Å². The van der Waals surface area contributed by atoms with Gasteiger partial charge in [0.05, 0.1) is 12.2 Å². The maximum Gasteiger partial charge on any atom is 0.341 e. The van der Waals surface area contributed by atoms with Gasteiger partial charge in [-0.2, -0.15) is 5.26 Å². The lowest BCUT2D eigenvalue weighted by Gasteiger charge is -2.10. The summed E-state index contributed by atoms with van der Waals surface area (Å²) >= 11 is 1.27. The van der Waals surface area contributed by atoms with Crippen molar-refractivity contribution in [1.82, 2.24) is 0 Å². The van der Waals surface area contributed by atoms with E-state index in [4.69, 9.17) is 9.47 Å². The highest BCUT2D eigenvalue weighted by molar-refractivity contribution is 7.16. The van der Waals surface area contributed by atoms with E-state index in [-0.39, 0.29) is 12.2 Å². The average Bonchev–Trinajstić information content (AvgIpc) is 3.10. The zero-order valence-corrected chi connectivity index (χ0v) is 19.5. The summed E-state index contributed by atoms with van der Waals surface area (Å²) in [5.74, 6) is -0.559. The highest BCUT2D eigenvalue weighted by atomic mass is 32.1. The number of amides is 1. The first-order valence-electron chi connectivity index (χ1n) is 10.4. The number of aryl methyl sites for hydroxylation is 1. The standard InChI is InChI=1S/C26H24N2O4S/c1-4-31-26(30)23-17(2)18(3)33-25(23)28-24(29)21(15-27)14-20-12-8-9-13-22(20)32-16-19-10-6-5-7-11-19/h5-14H,4,16H2,1-3H3,(H,28,29)/b21-14+. The number of nitriles is 1. The summed E-state index contributed by atoms with van der Waals surface area (Å²) < 4.78 is 11.0. The van der Waals surface area contributed by atoms with Crippen molar-refractivity contribution in [2.24, 2.45) is 0 Å². The van der Waals surface area contributed by atoms with Gasteiger partial charge in [-0.05, 0) is 44.0 Å². The normalized spacial score (nSPS) is 10.9. The molecule has 0 aliphatic carbocycles. The predicted octanol–water partition coefficient (Wildman–Crippen LogP) is 5.67. The number of hydrogen-bond donors (Lipinski definition) is 1. The summed E-state index contributed by atoms with van der Waals surface area (Å²) in [5, 5.41) is 12.7. The quantitative estimate of drug-likeness (QED) is 0.266. The van der Waals surface area contributed by atoms with Gasteiger partial charge in [0, 0.05) is 10.4 Å². The number of nitrogens with zero attached hydrogens (tertiary/aromatic N) is 1. The second-order valence-corrected chi connectivity index (χ2v) is 8.37. The number of thiophene rings is 1. The summed E-state index contributed by atoms with van der Waals surface area (Å²) in [5.41, 5.74) is 2.56. The molecular formula is C26H24N2O4S. The van der Waals surface area contributed by atoms with E-state index in [2.05, 4.69) is 5.32 Å². The first-order chi connectivity index (χ1) is 15.9. The van der Waals surface area contributed by atoms with Crippen molar-refractivity contribution in [3.8, 4) is 11.8 Å². The van der Waals surface area contributed by atoms with E-state index in [1.807, 2.05) is 49.4 Å². The van der Waals surface area contributed by atoms with Crippen LogP contribution in [0, 0.1) is 25.2 Å². The molecule has 2 aromatic carbocycles. The van der Waals surface area contributed by atoms with Crippen LogP contribution >= 0.6 is 11.3 Å². The van der Waals surface area contributed by atoms with Crippen molar-refractivity contribution in [2.75, 3.05) is 11.9 Å². The fourth-order valence-corrected chi connectivity index (χ4v) is 4.15. The molecule has 1 heterocycles. The van der Waals surface area contributed by atoms with Gasteiger partial charge < -0.3 is 14.8 Å². The number of benzene rings is 2. The molecular weight excluding hydrogens is 436 g/mol. The van der Waals surface area contributed by atoms with Crippen LogP contribution in [0.1, 0.15) is 38.8 Å². The monoisotopic (exact) mass is 460 g/mol. The minimum Gasteiger partial charge on any atom is -0.488 e. The fourth-order valence-electron chi connectivity index (χ4n) is 3.11. The lowest BCUT2D eigenvalue weighted by atomic mass is 10.1. The third-order valence-electron chi connectivity index (χ3n) is 4.91. The Bertz CT molecular complexity index is 1220. The van der Waals surface area contributed by atoms with E-state index < -0.39 is 11.9 Å². The van der Waals surface area contributed by atoms with Crippen LogP contribution in [0.3, 0.4) is 0 Å². The molecule has 33 heavy (non-hydrogen) atoms. The molecule has 0 aliphatic heterocycles. The van der Waals surface area contributed by atoms with E-state index in [0.717, 1.165) is 16.0 Å². The lowest BCUT2D eigenvalue weighted by Crippen LogP contribution is -2.16. The lowest BCUT2D eigenvalue weighted by molar-refractivity contribution is -0.112. The van der Waals surface area contributed by atoms with Gasteiger partial charge in [0.1, 0.15) is 29.0 Å². The van der Waals surface area contributed by atoms with Gasteiger partial charge in [-0.1, -0.05) is 48.5 Å². The van der Waals surface area contributed by atoms with Crippen LogP contribution in [0.4, 0.5) is 5.00 Å². The van der Waals surface area contributed by atoms with Gasteiger partial charge in [0.2, 0.25) is 0 Å². The van der Waals surface area contributed by atoms with Gasteiger partial charge in [-0.25, -0.2) is 4.79 Å². The van der Waals surface area contributed by atoms with Crippen molar-refractivity contribution < 1.29 is 19.1 Å². The molecule has 0 saturated heterocycles. The second-order valence-electron chi connectivity index (χ2n) is 7.14. The average molecular weight is 461 g/mol. The number of anilines is 1. The molecule has 0 aliphatic rings. The van der Waals surface area contributed by atoms with Crippen LogP contribution in [0.5, 0.6) is 5.75 Å². The number of hydrogen-bond acceptors (Lipinski definition) is 6. The Labute approximate surface area is 197 Å². The molecule has 0 bridgehead atoms. The maximum atomic E-state index is 12.9. The molecule has 0 radical (unpaired) electrons. The van der Waals surface area contributed by atoms with Crippen LogP contribution in [0.15, 0.2) is 60.2 Å². The van der Waals surface area contributed by atoms with E-state index >= 15 is 0 Å². The summed E-state index contributed by atoms with van der Waals surface area (Å²) in [6, 6.07) is 18.8. The molecule has 7 heteroatoms. The summed E-state index contributed by atoms with van der Waals surface area (Å²) in [6.07, 6.45) is 1.48. The molecule has 3 rings (SSSR count). The zero-order valence-electron chi connectivity index (χ0n) is 18.7. The molecule has 3 aromatic rings. The Balaban J connectivity index is 1.84. The first kappa shape index (κ1) is 23.8. The van der Waals surface area contributed by atoms with Crippen molar-refractivity contribution >= 4 is 34.3 Å². The molecule has 0 unspecified atom stereocenters. The largest absolute Gasteiger partial charge is 0.488 e. The predicted molar refractivity (Wildman–Crippen MR) is 129 cm³/mol. The Morgan fingerprint density at radius 1 is 1.09 bits per heavy atom. The number of rotatable bonds is 8. The third kappa shape index (κ3) is 5.88. The van der Waals surface area contributed by atoms with Crippen LogP contribution in [-0.4, -0.2) is 18.5 Å². The van der Waals surface area contributed by atoms with Gasteiger partial charge in [0.25, 0.3) is 5.91 Å². The van der Waals surface area contributed by atoms with Crippen molar-refractivity contribution in [3.05, 3.63) is 87.3 Å². The van der Waals surface area contributed by atoms with Crippen LogP contribution in [0.25, 0.3) is 6.08 Å². The molecule has 0 saturated carbocycles. The minimum atomic E-state index is -0.609. The number of carbonyl (C=O) groups excluding carboxylic acids is 2. The Hall–Kier alpha value is -3.89. The Morgan fingerprint density at radius 3 is 2.48 bits per heavy atom. The molecule has 168 valence electrons. The fraction of sp³-hybridized carbons (Fsp3) is 0.192. The number of carbonyl (C=O) groups is 2. The smallest absolute Gasteiger partial charge is 0.341 e. The SMILES string of the molecule is CCOC(=O)c1c(NC(=O)/C(C#N)=C/c2ccccc2OCc2ccccc2)sc(C)c1C. The molecule has 1 N–H and O–H groups in total. The minimum absolute atomic E-state index is 0.107. The zero-order chi connectivity index (χ0) is 23.8. The van der Waals surface area contributed by atoms with Gasteiger partial charge in [0.15, 0.2) is 0 Å². The van der Waals surface area contributed by atoms with Crippen LogP contribution in [-0.2, 0) is 16.1 Å². The van der Waals surface area contributed by atoms with Crippen molar-refractivity contribution in [3.63, 3.8) is 0 Å². The van der Waals surface area contributed by atoms with Gasteiger partial charge in [-0.3, -0.25) is 4.79 Å². The Morgan fingerprint density at radius 2 is 1.79 bits per heavy atom. The number of esters is 1. The van der Waals surface area contributed by atoms with E-state index in [0.29, 0.717) is 28.5 Å². The third-order valence-corrected chi connectivity index (χ3v) is 6.04. The van der Waals surface area contributed by atoms with Crippen LogP contribution in [0.2, 0.25) is 0 Å². The molecule has 0 fully saturated rings. The van der Waals surface area contributed by atoms with E-state index in [1.165, 1.54) is 17.4 Å². The van der Waals surface area contributed by atoms with Gasteiger partial charge >= 0.3 is 5.97 Å². The first-order valence-corrected chi connectivity index (χ1v) is 11.2. The highest BCUT2D eigenvalue weighted by Gasteiger charge is 2.23.